The van der Waals surface area contributed by atoms with Crippen LogP contribution in [-0.4, -0.2) is 12.8 Å². The molecule has 0 saturated heterocycles. The number of hydrogen-bond donors (Lipinski definition) is 1. The van der Waals surface area contributed by atoms with Crippen LogP contribution in [0.1, 0.15) is 12.5 Å². The number of benzene rings is 2. The Morgan fingerprint density at radius 3 is 2.37 bits per heavy atom. The van der Waals surface area contributed by atoms with Crippen LogP contribution in [0.3, 0.4) is 0 Å². The molecule has 0 aliphatic rings. The Bertz CT molecular complexity index is 497. The third kappa shape index (κ3) is 4.30. The second-order valence-corrected chi connectivity index (χ2v) is 4.51. The molecule has 0 heterocycles. The van der Waals surface area contributed by atoms with Crippen molar-refractivity contribution in [3.63, 3.8) is 0 Å². The van der Waals surface area contributed by atoms with Crippen molar-refractivity contribution in [1.82, 2.24) is 0 Å². The van der Waals surface area contributed by atoms with Crippen LogP contribution in [-0.2, 0) is 6.42 Å². The number of hydrogen-bond acceptors (Lipinski definition) is 3. The Morgan fingerprint density at radius 2 is 1.63 bits per heavy atom. The molecule has 0 aromatic heterocycles. The van der Waals surface area contributed by atoms with Crippen LogP contribution in [0.2, 0.25) is 0 Å². The number of ether oxygens (including phenoxy) is 2. The highest BCUT2D eigenvalue weighted by molar-refractivity contribution is 5.33. The van der Waals surface area contributed by atoms with Gasteiger partial charge >= 0.3 is 0 Å². The molecule has 0 bridgehead atoms. The van der Waals surface area contributed by atoms with Crippen molar-refractivity contribution in [2.75, 3.05) is 6.79 Å². The Balaban J connectivity index is 1.92. The summed E-state index contributed by atoms with van der Waals surface area (Å²) in [5.74, 6) is 1.63. The molecule has 2 aromatic carbocycles. The molecule has 0 aliphatic carbocycles. The van der Waals surface area contributed by atoms with Gasteiger partial charge in [0.2, 0.25) is 6.79 Å². The lowest BCUT2D eigenvalue weighted by Gasteiger charge is -2.13. The van der Waals surface area contributed by atoms with Crippen molar-refractivity contribution in [2.45, 2.75) is 19.4 Å². The fraction of sp³-hybridized carbons (Fsp3) is 0.250. The SMILES string of the molecule is CC(N)Cc1ccccc1OCOc1ccccc1. The third-order valence-electron chi connectivity index (χ3n) is 2.70. The van der Waals surface area contributed by atoms with Crippen LogP contribution >= 0.6 is 0 Å². The van der Waals surface area contributed by atoms with Crippen molar-refractivity contribution in [3.8, 4) is 11.5 Å². The van der Waals surface area contributed by atoms with Gasteiger partial charge in [-0.15, -0.1) is 0 Å². The van der Waals surface area contributed by atoms with Crippen LogP contribution in [0.5, 0.6) is 11.5 Å². The highest BCUT2D eigenvalue weighted by atomic mass is 16.7. The van der Waals surface area contributed by atoms with E-state index in [1.54, 1.807) is 0 Å². The average molecular weight is 257 g/mol. The second kappa shape index (κ2) is 6.81. The predicted molar refractivity (Wildman–Crippen MR) is 76.4 cm³/mol. The van der Waals surface area contributed by atoms with Gasteiger partial charge in [-0.25, -0.2) is 0 Å². The first-order valence-electron chi connectivity index (χ1n) is 6.40. The van der Waals surface area contributed by atoms with E-state index in [2.05, 4.69) is 0 Å². The number of rotatable bonds is 6. The number of nitrogens with two attached hydrogens (primary N) is 1. The average Bonchev–Trinajstić information content (AvgIpc) is 2.41. The summed E-state index contributed by atoms with van der Waals surface area (Å²) in [7, 11) is 0. The summed E-state index contributed by atoms with van der Waals surface area (Å²) >= 11 is 0. The van der Waals surface area contributed by atoms with Gasteiger partial charge in [0, 0.05) is 6.04 Å². The minimum Gasteiger partial charge on any atom is -0.458 e. The van der Waals surface area contributed by atoms with Crippen LogP contribution in [0.15, 0.2) is 54.6 Å². The Labute approximate surface area is 114 Å². The summed E-state index contributed by atoms with van der Waals surface area (Å²) in [6, 6.07) is 17.6. The molecule has 1 unspecified atom stereocenters. The van der Waals surface area contributed by atoms with Gasteiger partial charge in [-0.1, -0.05) is 36.4 Å². The molecule has 0 aliphatic heterocycles. The highest BCUT2D eigenvalue weighted by Gasteiger charge is 2.05. The summed E-state index contributed by atoms with van der Waals surface area (Å²) < 4.78 is 11.2. The molecule has 0 spiro atoms. The molecule has 0 saturated carbocycles. The molecular formula is C16H19NO2. The van der Waals surface area contributed by atoms with Gasteiger partial charge in [-0.3, -0.25) is 0 Å². The van der Waals surface area contributed by atoms with E-state index in [1.165, 1.54) is 0 Å². The van der Waals surface area contributed by atoms with Crippen molar-refractivity contribution >= 4 is 0 Å². The summed E-state index contributed by atoms with van der Waals surface area (Å²) in [6.07, 6.45) is 0.793. The first-order chi connectivity index (χ1) is 9.25. The molecule has 2 rings (SSSR count). The lowest BCUT2D eigenvalue weighted by Crippen LogP contribution is -2.18. The zero-order valence-corrected chi connectivity index (χ0v) is 11.1. The van der Waals surface area contributed by atoms with Crippen LogP contribution in [0.4, 0.5) is 0 Å². The first kappa shape index (κ1) is 13.4. The van der Waals surface area contributed by atoms with Gasteiger partial charge < -0.3 is 15.2 Å². The Morgan fingerprint density at radius 1 is 0.947 bits per heavy atom. The van der Waals surface area contributed by atoms with Crippen LogP contribution in [0, 0.1) is 0 Å². The molecule has 3 nitrogen and oxygen atoms in total. The lowest BCUT2D eigenvalue weighted by atomic mass is 10.1. The van der Waals surface area contributed by atoms with E-state index < -0.39 is 0 Å². The molecular weight excluding hydrogens is 238 g/mol. The molecule has 19 heavy (non-hydrogen) atoms. The molecule has 0 fully saturated rings. The van der Waals surface area contributed by atoms with Gasteiger partial charge in [-0.2, -0.15) is 0 Å². The maximum absolute atomic E-state index is 5.83. The maximum Gasteiger partial charge on any atom is 0.230 e. The van der Waals surface area contributed by atoms with Gasteiger partial charge in [-0.05, 0) is 37.1 Å². The topological polar surface area (TPSA) is 44.5 Å². The van der Waals surface area contributed by atoms with Crippen molar-refractivity contribution in [2.24, 2.45) is 5.73 Å². The van der Waals surface area contributed by atoms with Crippen molar-refractivity contribution < 1.29 is 9.47 Å². The fourth-order valence-corrected chi connectivity index (χ4v) is 1.84. The smallest absolute Gasteiger partial charge is 0.230 e. The molecule has 0 amide bonds. The molecule has 0 radical (unpaired) electrons. The van der Waals surface area contributed by atoms with E-state index in [1.807, 2.05) is 61.5 Å². The molecule has 1 atom stereocenters. The Hall–Kier alpha value is -2.00. The zero-order chi connectivity index (χ0) is 13.5. The van der Waals surface area contributed by atoms with E-state index >= 15 is 0 Å². The fourth-order valence-electron chi connectivity index (χ4n) is 1.84. The normalized spacial score (nSPS) is 11.9. The monoisotopic (exact) mass is 257 g/mol. The van der Waals surface area contributed by atoms with E-state index in [-0.39, 0.29) is 12.8 Å². The van der Waals surface area contributed by atoms with E-state index in [0.717, 1.165) is 23.5 Å². The maximum atomic E-state index is 5.83. The van der Waals surface area contributed by atoms with E-state index in [0.29, 0.717) is 0 Å². The van der Waals surface area contributed by atoms with Gasteiger partial charge in [0.25, 0.3) is 0 Å². The minimum atomic E-state index is 0.111. The predicted octanol–water partition coefficient (Wildman–Crippen LogP) is 2.99. The van der Waals surface area contributed by atoms with Crippen molar-refractivity contribution in [1.29, 1.82) is 0 Å². The summed E-state index contributed by atoms with van der Waals surface area (Å²) in [5.41, 5.74) is 6.93. The highest BCUT2D eigenvalue weighted by Crippen LogP contribution is 2.19. The van der Waals surface area contributed by atoms with Crippen LogP contribution < -0.4 is 15.2 Å². The quantitative estimate of drug-likeness (QED) is 0.809. The second-order valence-electron chi connectivity index (χ2n) is 4.51. The van der Waals surface area contributed by atoms with Crippen molar-refractivity contribution in [3.05, 3.63) is 60.2 Å². The minimum absolute atomic E-state index is 0.111. The zero-order valence-electron chi connectivity index (χ0n) is 11.1. The summed E-state index contributed by atoms with van der Waals surface area (Å²) in [6.45, 7) is 2.18. The molecule has 2 N–H and O–H groups in total. The third-order valence-corrected chi connectivity index (χ3v) is 2.70. The molecule has 2 aromatic rings. The van der Waals surface area contributed by atoms with Gasteiger partial charge in [0.1, 0.15) is 11.5 Å². The van der Waals surface area contributed by atoms with E-state index in [9.17, 15) is 0 Å². The largest absolute Gasteiger partial charge is 0.458 e. The summed E-state index contributed by atoms with van der Waals surface area (Å²) in [4.78, 5) is 0. The molecule has 3 heteroatoms. The Kier molecular flexibility index (Phi) is 4.81. The lowest BCUT2D eigenvalue weighted by molar-refractivity contribution is 0.118. The van der Waals surface area contributed by atoms with Gasteiger partial charge in [0.05, 0.1) is 0 Å². The number of para-hydroxylation sites is 2. The standard InChI is InChI=1S/C16H19NO2/c1-13(17)11-14-7-5-6-10-16(14)19-12-18-15-8-3-2-4-9-15/h2-10,13H,11-12,17H2,1H3. The first-order valence-corrected chi connectivity index (χ1v) is 6.40. The van der Waals surface area contributed by atoms with E-state index in [4.69, 9.17) is 15.2 Å². The van der Waals surface area contributed by atoms with Crippen LogP contribution in [0.25, 0.3) is 0 Å². The summed E-state index contributed by atoms with van der Waals surface area (Å²) in [5, 5.41) is 0. The molecule has 100 valence electrons. The van der Waals surface area contributed by atoms with Gasteiger partial charge in [0.15, 0.2) is 0 Å².